The fraction of sp³-hybridized carbons (Fsp3) is 0.394. The molecule has 208 valence electrons. The van der Waals surface area contributed by atoms with Crippen molar-refractivity contribution in [3.8, 4) is 0 Å². The van der Waals surface area contributed by atoms with E-state index >= 15 is 0 Å². The van der Waals surface area contributed by atoms with Crippen LogP contribution in [0.3, 0.4) is 0 Å². The van der Waals surface area contributed by atoms with Crippen molar-refractivity contribution >= 4 is 45.5 Å². The highest BCUT2D eigenvalue weighted by atomic mass is 16.5. The Morgan fingerprint density at radius 3 is 2.35 bits per heavy atom. The van der Waals surface area contributed by atoms with Crippen LogP contribution in [-0.4, -0.2) is 38.8 Å². The Labute approximate surface area is 235 Å². The van der Waals surface area contributed by atoms with Gasteiger partial charge in [-0.1, -0.05) is 13.8 Å². The van der Waals surface area contributed by atoms with E-state index in [0.29, 0.717) is 12.2 Å². The highest BCUT2D eigenvalue weighted by molar-refractivity contribution is 5.96. The summed E-state index contributed by atoms with van der Waals surface area (Å²) in [5.41, 5.74) is 13.7. The second-order valence-corrected chi connectivity index (χ2v) is 11.1. The van der Waals surface area contributed by atoms with Crippen LogP contribution in [0.1, 0.15) is 109 Å². The molecule has 8 bridgehead atoms. The fourth-order valence-corrected chi connectivity index (χ4v) is 6.08. The van der Waals surface area contributed by atoms with Gasteiger partial charge in [-0.05, 0) is 99.1 Å². The second kappa shape index (κ2) is 10.9. The maximum absolute atomic E-state index is 12.2. The standard InChI is InChI=1S/C33H38N4O3/c1-8-23-18(3)29-15-32-25(16-38)20(5)28(36-32)14-30-19(4)24(10-9-11-40-22(7)39)33(37-30)21(6)27-12-17(2)26(34-27)13-31(23)35-29/h12-16,19,24,34,36H,8-11H2,1-7H3/t19-,24-/m0/s1. The Morgan fingerprint density at radius 1 is 0.950 bits per heavy atom. The molecule has 0 saturated heterocycles. The molecule has 7 nitrogen and oxygen atoms in total. The van der Waals surface area contributed by atoms with Gasteiger partial charge in [0.05, 0.1) is 23.5 Å². The van der Waals surface area contributed by atoms with Crippen LogP contribution < -0.4 is 0 Å². The number of nitrogens with zero attached hydrogens (tertiary/aromatic N) is 2. The van der Waals surface area contributed by atoms with Gasteiger partial charge in [0.25, 0.3) is 0 Å². The number of rotatable bonds is 6. The smallest absolute Gasteiger partial charge is 0.302 e. The summed E-state index contributed by atoms with van der Waals surface area (Å²) >= 11 is 0. The van der Waals surface area contributed by atoms with Crippen LogP contribution in [-0.2, 0) is 9.53 Å². The van der Waals surface area contributed by atoms with Gasteiger partial charge < -0.3 is 14.7 Å². The van der Waals surface area contributed by atoms with Crippen molar-refractivity contribution in [3.63, 3.8) is 0 Å². The number of nitrogens with one attached hydrogen (secondary N) is 2. The molecule has 0 aromatic carbocycles. The number of aromatic nitrogens is 4. The summed E-state index contributed by atoms with van der Waals surface area (Å²) in [5.74, 6) is 0.0740. The second-order valence-electron chi connectivity index (χ2n) is 11.1. The lowest BCUT2D eigenvalue weighted by Gasteiger charge is -2.17. The molecule has 3 aromatic rings. The number of aldehydes is 1. The third-order valence-electron chi connectivity index (χ3n) is 8.56. The number of fused-ring (bicyclic) bond motifs is 8. The highest BCUT2D eigenvalue weighted by Crippen LogP contribution is 2.41. The molecule has 0 spiro atoms. The van der Waals surface area contributed by atoms with E-state index in [2.05, 4.69) is 62.8 Å². The summed E-state index contributed by atoms with van der Waals surface area (Å²) in [6, 6.07) is 8.40. The van der Waals surface area contributed by atoms with E-state index in [1.54, 1.807) is 0 Å². The van der Waals surface area contributed by atoms with Crippen molar-refractivity contribution in [1.82, 2.24) is 19.9 Å². The van der Waals surface area contributed by atoms with Crippen LogP contribution in [0.25, 0.3) is 33.2 Å². The van der Waals surface area contributed by atoms with Crippen molar-refractivity contribution in [2.45, 2.75) is 79.6 Å². The number of hydrogen-bond acceptors (Lipinski definition) is 5. The van der Waals surface area contributed by atoms with Gasteiger partial charge in [-0.2, -0.15) is 0 Å². The molecule has 2 atom stereocenters. The van der Waals surface area contributed by atoms with E-state index in [9.17, 15) is 9.59 Å². The van der Waals surface area contributed by atoms with Gasteiger partial charge in [0.15, 0.2) is 6.29 Å². The molecule has 0 amide bonds. The van der Waals surface area contributed by atoms with E-state index in [4.69, 9.17) is 14.7 Å². The van der Waals surface area contributed by atoms with E-state index in [1.807, 2.05) is 13.0 Å². The number of aromatic amines is 2. The predicted octanol–water partition coefficient (Wildman–Crippen LogP) is 7.62. The topological polar surface area (TPSA) is 101 Å². The van der Waals surface area contributed by atoms with Crippen LogP contribution >= 0.6 is 0 Å². The molecular weight excluding hydrogens is 500 g/mol. The van der Waals surface area contributed by atoms with Crippen molar-refractivity contribution in [2.24, 2.45) is 0 Å². The maximum Gasteiger partial charge on any atom is 0.302 e. The molecule has 0 fully saturated rings. The number of carbonyl (C=O) groups is 2. The van der Waals surface area contributed by atoms with Gasteiger partial charge in [-0.15, -0.1) is 0 Å². The number of allylic oxidation sites excluding steroid dienone is 2. The van der Waals surface area contributed by atoms with Crippen LogP contribution in [0.15, 0.2) is 24.3 Å². The maximum atomic E-state index is 12.2. The van der Waals surface area contributed by atoms with Crippen molar-refractivity contribution < 1.29 is 14.3 Å². The lowest BCUT2D eigenvalue weighted by atomic mass is 9.86. The summed E-state index contributed by atoms with van der Waals surface area (Å²) in [7, 11) is 0. The third kappa shape index (κ3) is 4.89. The molecule has 0 aliphatic carbocycles. The van der Waals surface area contributed by atoms with Gasteiger partial charge in [0.1, 0.15) is 0 Å². The van der Waals surface area contributed by atoms with E-state index in [1.165, 1.54) is 12.5 Å². The summed E-state index contributed by atoms with van der Waals surface area (Å²) in [6.45, 7) is 14.5. The molecule has 3 aromatic heterocycles. The molecule has 5 rings (SSSR count). The molecule has 2 aliphatic heterocycles. The summed E-state index contributed by atoms with van der Waals surface area (Å²) in [5, 5.41) is 0. The number of H-pyrrole nitrogens is 2. The Hall–Kier alpha value is -4.00. The van der Waals surface area contributed by atoms with Gasteiger partial charge in [-0.3, -0.25) is 14.6 Å². The Morgan fingerprint density at radius 2 is 1.65 bits per heavy atom. The minimum Gasteiger partial charge on any atom is -0.466 e. The predicted molar refractivity (Wildman–Crippen MR) is 160 cm³/mol. The Kier molecular flexibility index (Phi) is 7.49. The number of hydrogen-bond donors (Lipinski definition) is 2. The van der Waals surface area contributed by atoms with E-state index in [-0.39, 0.29) is 17.8 Å². The molecule has 7 heteroatoms. The quantitative estimate of drug-likeness (QED) is 0.191. The van der Waals surface area contributed by atoms with Crippen molar-refractivity contribution in [1.29, 1.82) is 0 Å². The molecule has 40 heavy (non-hydrogen) atoms. The first-order chi connectivity index (χ1) is 19.1. The van der Waals surface area contributed by atoms with Gasteiger partial charge >= 0.3 is 5.97 Å². The molecule has 0 saturated carbocycles. The average Bonchev–Trinajstić information content (AvgIpc) is 3.61. The first-order valence-corrected chi connectivity index (χ1v) is 14.1. The molecule has 0 radical (unpaired) electrons. The fourth-order valence-electron chi connectivity index (χ4n) is 6.08. The van der Waals surface area contributed by atoms with Crippen LogP contribution in [0, 0.1) is 20.8 Å². The molecule has 2 N–H and O–H groups in total. The molecule has 5 heterocycles. The third-order valence-corrected chi connectivity index (χ3v) is 8.56. The SMILES string of the molecule is CCC1=C(C)c2cc3[nH]c(cc4nc(c(C)c5cc(C)c(cc1n2)[nH]5)[C@@H](CCCOC(C)=O)[C@@H]4C)c(C)c3C=O. The van der Waals surface area contributed by atoms with Crippen LogP contribution in [0.2, 0.25) is 0 Å². The Balaban J connectivity index is 1.82. The zero-order chi connectivity index (χ0) is 28.7. The van der Waals surface area contributed by atoms with E-state index < -0.39 is 0 Å². The monoisotopic (exact) mass is 538 g/mol. The zero-order valence-corrected chi connectivity index (χ0v) is 24.5. The number of ether oxygens (including phenoxy) is 1. The number of carbonyl (C=O) groups excluding carboxylic acids is 2. The van der Waals surface area contributed by atoms with Crippen LogP contribution in [0.5, 0.6) is 0 Å². The normalized spacial score (nSPS) is 16.9. The average molecular weight is 539 g/mol. The van der Waals surface area contributed by atoms with Crippen molar-refractivity contribution in [2.75, 3.05) is 6.61 Å². The summed E-state index contributed by atoms with van der Waals surface area (Å²) in [6.07, 6.45) is 3.40. The Bertz CT molecular complexity index is 1710. The summed E-state index contributed by atoms with van der Waals surface area (Å²) in [4.78, 5) is 40.9. The number of esters is 1. The molecule has 0 unspecified atom stereocenters. The lowest BCUT2D eigenvalue weighted by molar-refractivity contribution is -0.141. The number of aryl methyl sites for hydroxylation is 3. The van der Waals surface area contributed by atoms with Gasteiger partial charge in [0, 0.05) is 52.3 Å². The minimum absolute atomic E-state index is 0.156. The summed E-state index contributed by atoms with van der Waals surface area (Å²) < 4.78 is 5.23. The lowest BCUT2D eigenvalue weighted by Crippen LogP contribution is -2.07. The molecule has 2 aliphatic rings. The first-order valence-electron chi connectivity index (χ1n) is 14.1. The van der Waals surface area contributed by atoms with Crippen molar-refractivity contribution in [3.05, 3.63) is 69.3 Å². The minimum atomic E-state index is -0.256. The van der Waals surface area contributed by atoms with Gasteiger partial charge in [-0.25, -0.2) is 4.98 Å². The molecular formula is C33H38N4O3. The van der Waals surface area contributed by atoms with Crippen LogP contribution in [0.4, 0.5) is 0 Å². The highest BCUT2D eigenvalue weighted by Gasteiger charge is 2.30. The largest absolute Gasteiger partial charge is 0.466 e. The van der Waals surface area contributed by atoms with Gasteiger partial charge in [0.2, 0.25) is 0 Å². The first kappa shape index (κ1) is 27.6. The van der Waals surface area contributed by atoms with E-state index in [0.717, 1.165) is 92.7 Å². The zero-order valence-electron chi connectivity index (χ0n) is 24.5.